The molecule has 1 heterocycles. The highest BCUT2D eigenvalue weighted by molar-refractivity contribution is 5.74. The molecule has 0 amide bonds. The summed E-state index contributed by atoms with van der Waals surface area (Å²) in [6, 6.07) is -1.60. The molecule has 0 fully saturated rings. The molecule has 0 aromatic rings. The molecule has 1 nitrogen and oxygen atoms in total. The van der Waals surface area contributed by atoms with Crippen molar-refractivity contribution in [1.29, 1.82) is 0 Å². The van der Waals surface area contributed by atoms with Gasteiger partial charge in [0.15, 0.2) is 6.04 Å². The van der Waals surface area contributed by atoms with Gasteiger partial charge in [0.2, 0.25) is 0 Å². The van der Waals surface area contributed by atoms with Gasteiger partial charge in [0.1, 0.15) is 0 Å². The molecule has 9 heavy (non-hydrogen) atoms. The minimum Gasteiger partial charge on any atom is -0.276 e. The first-order valence-corrected chi connectivity index (χ1v) is 2.37. The molecule has 0 aromatic heterocycles. The fourth-order valence-electron chi connectivity index (χ4n) is 0.541. The number of aliphatic imine (C=N–C) groups is 1. The SMILES string of the molecule is FC(F)(F)C1C=CC=N1. The number of alkyl halides is 3. The molecule has 0 spiro atoms. The van der Waals surface area contributed by atoms with E-state index in [4.69, 9.17) is 0 Å². The topological polar surface area (TPSA) is 12.4 Å². The van der Waals surface area contributed by atoms with Crippen molar-refractivity contribution in [3.05, 3.63) is 12.2 Å². The maximum atomic E-state index is 11.6. The van der Waals surface area contributed by atoms with Gasteiger partial charge in [-0.15, -0.1) is 0 Å². The van der Waals surface area contributed by atoms with Crippen molar-refractivity contribution >= 4 is 6.21 Å². The van der Waals surface area contributed by atoms with E-state index in [-0.39, 0.29) is 0 Å². The van der Waals surface area contributed by atoms with E-state index in [2.05, 4.69) is 4.99 Å². The van der Waals surface area contributed by atoms with Crippen LogP contribution in [0.25, 0.3) is 0 Å². The maximum absolute atomic E-state index is 11.6. The van der Waals surface area contributed by atoms with Gasteiger partial charge in [0.05, 0.1) is 0 Å². The summed E-state index contributed by atoms with van der Waals surface area (Å²) < 4.78 is 34.8. The third-order valence-electron chi connectivity index (χ3n) is 0.962. The minimum atomic E-state index is -4.20. The van der Waals surface area contributed by atoms with E-state index in [0.717, 1.165) is 12.3 Å². The molecule has 1 unspecified atom stereocenters. The quantitative estimate of drug-likeness (QED) is 0.478. The lowest BCUT2D eigenvalue weighted by molar-refractivity contribution is -0.135. The van der Waals surface area contributed by atoms with Gasteiger partial charge >= 0.3 is 6.18 Å². The van der Waals surface area contributed by atoms with Crippen molar-refractivity contribution in [2.75, 3.05) is 0 Å². The number of hydrogen-bond donors (Lipinski definition) is 0. The van der Waals surface area contributed by atoms with Crippen LogP contribution in [0.1, 0.15) is 0 Å². The Hall–Kier alpha value is -0.800. The minimum absolute atomic E-state index is 1.01. The van der Waals surface area contributed by atoms with Crippen molar-refractivity contribution in [2.45, 2.75) is 12.2 Å². The monoisotopic (exact) mass is 135 g/mol. The highest BCUT2D eigenvalue weighted by atomic mass is 19.4. The fourth-order valence-corrected chi connectivity index (χ4v) is 0.541. The average Bonchev–Trinajstić information content (AvgIpc) is 2.08. The van der Waals surface area contributed by atoms with E-state index in [1.165, 1.54) is 6.08 Å². The molecule has 0 N–H and O–H groups in total. The second-order valence-corrected chi connectivity index (χ2v) is 1.67. The third-order valence-corrected chi connectivity index (χ3v) is 0.962. The summed E-state index contributed by atoms with van der Waals surface area (Å²) in [4.78, 5) is 3.15. The summed E-state index contributed by atoms with van der Waals surface area (Å²) in [7, 11) is 0. The summed E-state index contributed by atoms with van der Waals surface area (Å²) in [6.45, 7) is 0. The van der Waals surface area contributed by atoms with Crippen molar-refractivity contribution < 1.29 is 13.2 Å². The molecule has 1 aliphatic rings. The van der Waals surface area contributed by atoms with Crippen molar-refractivity contribution in [2.24, 2.45) is 4.99 Å². The highest BCUT2D eigenvalue weighted by Gasteiger charge is 2.38. The zero-order valence-corrected chi connectivity index (χ0v) is 4.39. The molecular weight excluding hydrogens is 131 g/mol. The van der Waals surface area contributed by atoms with Crippen molar-refractivity contribution in [3.8, 4) is 0 Å². The Bertz CT molecular complexity index is 144. The lowest BCUT2D eigenvalue weighted by Crippen LogP contribution is -2.23. The van der Waals surface area contributed by atoms with Crippen LogP contribution in [0, 0.1) is 0 Å². The van der Waals surface area contributed by atoms with Gasteiger partial charge in [0.25, 0.3) is 0 Å². The molecule has 4 heteroatoms. The van der Waals surface area contributed by atoms with Gasteiger partial charge in [-0.2, -0.15) is 13.2 Å². The summed E-state index contributed by atoms with van der Waals surface area (Å²) in [5.41, 5.74) is 0. The Morgan fingerprint density at radius 2 is 2.00 bits per heavy atom. The predicted molar refractivity (Wildman–Crippen MR) is 27.5 cm³/mol. The summed E-state index contributed by atoms with van der Waals surface area (Å²) in [6.07, 6.45) is -0.750. The summed E-state index contributed by atoms with van der Waals surface area (Å²) in [5, 5.41) is 0. The summed E-state index contributed by atoms with van der Waals surface area (Å²) in [5.74, 6) is 0. The fraction of sp³-hybridized carbons (Fsp3) is 0.400. The zero-order valence-electron chi connectivity index (χ0n) is 4.39. The van der Waals surface area contributed by atoms with Crippen LogP contribution >= 0.6 is 0 Å². The Morgan fingerprint density at radius 3 is 2.22 bits per heavy atom. The van der Waals surface area contributed by atoms with Gasteiger partial charge < -0.3 is 0 Å². The lowest BCUT2D eigenvalue weighted by Gasteiger charge is -2.07. The highest BCUT2D eigenvalue weighted by Crippen LogP contribution is 2.24. The van der Waals surface area contributed by atoms with Gasteiger partial charge in [-0.3, -0.25) is 4.99 Å². The van der Waals surface area contributed by atoms with Crippen LogP contribution in [0.5, 0.6) is 0 Å². The average molecular weight is 135 g/mol. The first-order valence-electron chi connectivity index (χ1n) is 2.37. The van der Waals surface area contributed by atoms with Gasteiger partial charge in [-0.1, -0.05) is 0 Å². The van der Waals surface area contributed by atoms with E-state index in [1.54, 1.807) is 0 Å². The van der Waals surface area contributed by atoms with Gasteiger partial charge in [-0.25, -0.2) is 0 Å². The van der Waals surface area contributed by atoms with Gasteiger partial charge in [0, 0.05) is 6.21 Å². The predicted octanol–water partition coefficient (Wildman–Crippen LogP) is 1.56. The van der Waals surface area contributed by atoms with Crippen LogP contribution < -0.4 is 0 Å². The number of allylic oxidation sites excluding steroid dienone is 1. The molecule has 1 atom stereocenters. The molecule has 0 bridgehead atoms. The van der Waals surface area contributed by atoms with Crippen molar-refractivity contribution in [3.63, 3.8) is 0 Å². The van der Waals surface area contributed by atoms with Crippen LogP contribution in [0.4, 0.5) is 13.2 Å². The van der Waals surface area contributed by atoms with E-state index >= 15 is 0 Å². The molecule has 1 aliphatic heterocycles. The molecule has 1 rings (SSSR count). The molecule has 0 saturated carbocycles. The Kier molecular flexibility index (Phi) is 1.31. The first kappa shape index (κ1) is 6.32. The van der Waals surface area contributed by atoms with Crippen molar-refractivity contribution in [1.82, 2.24) is 0 Å². The zero-order chi connectivity index (χ0) is 6.91. The number of halogens is 3. The molecule has 0 radical (unpaired) electrons. The first-order chi connectivity index (χ1) is 4.11. The second-order valence-electron chi connectivity index (χ2n) is 1.67. The standard InChI is InChI=1S/C5H4F3N/c6-5(7,8)4-2-1-3-9-4/h1-4H. The van der Waals surface area contributed by atoms with E-state index < -0.39 is 12.2 Å². The smallest absolute Gasteiger partial charge is 0.276 e. The number of rotatable bonds is 0. The number of nitrogens with zero attached hydrogens (tertiary/aromatic N) is 1. The molecule has 0 aliphatic carbocycles. The van der Waals surface area contributed by atoms with E-state index in [0.29, 0.717) is 0 Å². The normalized spacial score (nSPS) is 25.4. The molecule has 0 aromatic carbocycles. The molecule has 0 saturated heterocycles. The largest absolute Gasteiger partial charge is 0.414 e. The van der Waals surface area contributed by atoms with Crippen LogP contribution in [-0.4, -0.2) is 18.4 Å². The lowest BCUT2D eigenvalue weighted by atomic mass is 10.3. The number of hydrogen-bond acceptors (Lipinski definition) is 1. The van der Waals surface area contributed by atoms with Crippen LogP contribution in [0.15, 0.2) is 17.1 Å². The molecule has 50 valence electrons. The Morgan fingerprint density at radius 1 is 1.33 bits per heavy atom. The maximum Gasteiger partial charge on any atom is 0.414 e. The van der Waals surface area contributed by atoms with Crippen LogP contribution in [-0.2, 0) is 0 Å². The Labute approximate surface area is 49.9 Å². The van der Waals surface area contributed by atoms with Gasteiger partial charge in [-0.05, 0) is 12.2 Å². The van der Waals surface area contributed by atoms with Crippen LogP contribution in [0.3, 0.4) is 0 Å². The van der Waals surface area contributed by atoms with E-state index in [1.807, 2.05) is 0 Å². The second kappa shape index (κ2) is 1.86. The van der Waals surface area contributed by atoms with Crippen LogP contribution in [0.2, 0.25) is 0 Å². The third kappa shape index (κ3) is 1.31. The summed E-state index contributed by atoms with van der Waals surface area (Å²) >= 11 is 0. The van der Waals surface area contributed by atoms with E-state index in [9.17, 15) is 13.2 Å². The Balaban J connectivity index is 2.64. The molecular formula is C5H4F3N.